The molecular weight excluding hydrogens is 272 g/mol. The Kier molecular flexibility index (Phi) is 5.64. The van der Waals surface area contributed by atoms with Gasteiger partial charge in [0.25, 0.3) is 0 Å². The van der Waals surface area contributed by atoms with Crippen LogP contribution in [0, 0.1) is 0 Å². The van der Waals surface area contributed by atoms with Crippen molar-refractivity contribution in [2.24, 2.45) is 0 Å². The molecule has 0 atom stereocenters. The molecule has 0 aliphatic heterocycles. The maximum atomic E-state index is 12.3. The maximum Gasteiger partial charge on any atom is 0.237 e. The quantitative estimate of drug-likeness (QED) is 0.785. The number of carbonyl (C=O) groups is 1. The van der Waals surface area contributed by atoms with Gasteiger partial charge in [-0.3, -0.25) is 9.89 Å². The molecule has 1 heterocycles. The summed E-state index contributed by atoms with van der Waals surface area (Å²) in [5.41, 5.74) is 1.18. The van der Waals surface area contributed by atoms with Crippen LogP contribution >= 0.6 is 11.8 Å². The van der Waals surface area contributed by atoms with Crippen LogP contribution in [0.4, 0.5) is 0 Å². The average Bonchev–Trinajstić information content (AvgIpc) is 3.09. The summed E-state index contributed by atoms with van der Waals surface area (Å²) in [4.78, 5) is 18.5. The van der Waals surface area contributed by atoms with E-state index < -0.39 is 0 Å². The number of aromatic amines is 1. The number of carbonyl (C=O) groups excluding carboxylic acids is 1. The zero-order valence-corrected chi connectivity index (χ0v) is 13.0. The van der Waals surface area contributed by atoms with Crippen LogP contribution in [0.15, 0.2) is 16.9 Å². The molecule has 0 fully saturated rings. The van der Waals surface area contributed by atoms with Crippen LogP contribution in [0.25, 0.3) is 0 Å². The van der Waals surface area contributed by atoms with Crippen LogP contribution in [0.3, 0.4) is 0 Å². The highest BCUT2D eigenvalue weighted by atomic mass is 32.2. The Bertz CT molecular complexity index is 483. The SMILES string of the molecule is CCCc1nc(SCC(=O)N(CC)C2=CCCC2)n[nH]1. The number of allylic oxidation sites excluding steroid dienone is 2. The van der Waals surface area contributed by atoms with E-state index in [2.05, 4.69) is 28.2 Å². The molecule has 1 aliphatic rings. The minimum absolute atomic E-state index is 0.146. The van der Waals surface area contributed by atoms with Gasteiger partial charge < -0.3 is 4.90 Å². The summed E-state index contributed by atoms with van der Waals surface area (Å²) < 4.78 is 0. The van der Waals surface area contributed by atoms with E-state index in [4.69, 9.17) is 0 Å². The van der Waals surface area contributed by atoms with E-state index in [-0.39, 0.29) is 5.91 Å². The first-order valence-electron chi connectivity index (χ1n) is 7.28. The van der Waals surface area contributed by atoms with Gasteiger partial charge in [0.05, 0.1) is 5.75 Å². The summed E-state index contributed by atoms with van der Waals surface area (Å²) in [6, 6.07) is 0. The number of nitrogens with one attached hydrogen (secondary N) is 1. The van der Waals surface area contributed by atoms with Crippen LogP contribution in [-0.4, -0.2) is 38.3 Å². The number of thioether (sulfide) groups is 1. The van der Waals surface area contributed by atoms with Crippen molar-refractivity contribution < 1.29 is 4.79 Å². The Morgan fingerprint density at radius 3 is 3.00 bits per heavy atom. The molecule has 0 saturated heterocycles. The topological polar surface area (TPSA) is 61.9 Å². The van der Waals surface area contributed by atoms with Gasteiger partial charge in [-0.25, -0.2) is 4.98 Å². The number of aryl methyl sites for hydroxylation is 1. The Hall–Kier alpha value is -1.30. The van der Waals surface area contributed by atoms with Crippen molar-refractivity contribution in [2.75, 3.05) is 12.3 Å². The first-order chi connectivity index (χ1) is 9.74. The summed E-state index contributed by atoms with van der Waals surface area (Å²) in [6.45, 7) is 4.86. The lowest BCUT2D eigenvalue weighted by Gasteiger charge is -2.21. The zero-order valence-electron chi connectivity index (χ0n) is 12.2. The van der Waals surface area contributed by atoms with Crippen LogP contribution in [0.5, 0.6) is 0 Å². The molecule has 0 unspecified atom stereocenters. The molecule has 0 saturated carbocycles. The van der Waals surface area contributed by atoms with E-state index in [0.717, 1.165) is 44.5 Å². The van der Waals surface area contributed by atoms with E-state index in [1.165, 1.54) is 17.5 Å². The third kappa shape index (κ3) is 3.85. The highest BCUT2D eigenvalue weighted by molar-refractivity contribution is 7.99. The molecule has 1 aromatic heterocycles. The number of nitrogens with zero attached hydrogens (tertiary/aromatic N) is 3. The number of hydrogen-bond donors (Lipinski definition) is 1. The van der Waals surface area contributed by atoms with Gasteiger partial charge in [-0.2, -0.15) is 0 Å². The molecule has 1 aliphatic carbocycles. The van der Waals surface area contributed by atoms with Gasteiger partial charge in [-0.15, -0.1) is 5.10 Å². The normalized spacial score (nSPS) is 14.4. The highest BCUT2D eigenvalue weighted by Gasteiger charge is 2.19. The standard InChI is InChI=1S/C14H22N4OS/c1-3-7-12-15-14(17-16-12)20-10-13(19)18(4-2)11-8-5-6-9-11/h8H,3-7,9-10H2,1-2H3,(H,15,16,17). The van der Waals surface area contributed by atoms with E-state index in [0.29, 0.717) is 10.9 Å². The van der Waals surface area contributed by atoms with Gasteiger partial charge in [0.1, 0.15) is 5.82 Å². The van der Waals surface area contributed by atoms with Crippen LogP contribution < -0.4 is 0 Å². The number of hydrogen-bond acceptors (Lipinski definition) is 4. The molecule has 2 rings (SSSR count). The second-order valence-corrected chi connectivity index (χ2v) is 5.77. The van der Waals surface area contributed by atoms with E-state index in [9.17, 15) is 4.79 Å². The maximum absolute atomic E-state index is 12.3. The summed E-state index contributed by atoms with van der Waals surface area (Å²) in [5.74, 6) is 1.44. The van der Waals surface area contributed by atoms with Crippen LogP contribution in [-0.2, 0) is 11.2 Å². The molecule has 0 spiro atoms. The lowest BCUT2D eigenvalue weighted by atomic mass is 10.3. The Labute approximate surface area is 124 Å². The highest BCUT2D eigenvalue weighted by Crippen LogP contribution is 2.23. The molecule has 0 bridgehead atoms. The summed E-state index contributed by atoms with van der Waals surface area (Å²) in [6.07, 6.45) is 7.39. The lowest BCUT2D eigenvalue weighted by Crippen LogP contribution is -2.31. The lowest BCUT2D eigenvalue weighted by molar-refractivity contribution is -0.126. The van der Waals surface area contributed by atoms with Gasteiger partial charge in [-0.05, 0) is 32.6 Å². The molecule has 6 heteroatoms. The molecule has 0 aromatic carbocycles. The second kappa shape index (κ2) is 7.47. The van der Waals surface area contributed by atoms with Gasteiger partial charge in [0, 0.05) is 18.7 Å². The van der Waals surface area contributed by atoms with Crippen LogP contribution in [0.2, 0.25) is 0 Å². The third-order valence-electron chi connectivity index (χ3n) is 3.30. The van der Waals surface area contributed by atoms with Crippen molar-refractivity contribution in [2.45, 2.75) is 51.1 Å². The number of rotatable bonds is 7. The monoisotopic (exact) mass is 294 g/mol. The fourth-order valence-corrected chi connectivity index (χ4v) is 3.03. The molecule has 1 N–H and O–H groups in total. The molecular formula is C14H22N4OS. The first-order valence-corrected chi connectivity index (χ1v) is 8.26. The minimum atomic E-state index is 0.146. The summed E-state index contributed by atoms with van der Waals surface area (Å²) in [5, 5.41) is 7.71. The van der Waals surface area contributed by atoms with Gasteiger partial charge in [0.15, 0.2) is 0 Å². The number of H-pyrrole nitrogens is 1. The Balaban J connectivity index is 1.86. The van der Waals surface area contributed by atoms with E-state index >= 15 is 0 Å². The van der Waals surface area contributed by atoms with Crippen molar-refractivity contribution in [1.82, 2.24) is 20.1 Å². The molecule has 1 amide bonds. The smallest absolute Gasteiger partial charge is 0.237 e. The van der Waals surface area contributed by atoms with Crippen molar-refractivity contribution in [3.05, 3.63) is 17.6 Å². The largest absolute Gasteiger partial charge is 0.316 e. The molecule has 20 heavy (non-hydrogen) atoms. The molecule has 5 nitrogen and oxygen atoms in total. The molecule has 110 valence electrons. The van der Waals surface area contributed by atoms with Gasteiger partial charge >= 0.3 is 0 Å². The van der Waals surface area contributed by atoms with Crippen molar-refractivity contribution in [3.8, 4) is 0 Å². The van der Waals surface area contributed by atoms with Crippen molar-refractivity contribution in [3.63, 3.8) is 0 Å². The predicted molar refractivity (Wildman–Crippen MR) is 80.4 cm³/mol. The third-order valence-corrected chi connectivity index (χ3v) is 4.14. The minimum Gasteiger partial charge on any atom is -0.316 e. The van der Waals surface area contributed by atoms with Gasteiger partial charge in [0.2, 0.25) is 11.1 Å². The van der Waals surface area contributed by atoms with Crippen LogP contribution in [0.1, 0.15) is 45.4 Å². The van der Waals surface area contributed by atoms with Crippen molar-refractivity contribution in [1.29, 1.82) is 0 Å². The zero-order chi connectivity index (χ0) is 14.4. The number of aromatic nitrogens is 3. The molecule has 0 radical (unpaired) electrons. The second-order valence-electron chi connectivity index (χ2n) is 4.83. The van der Waals surface area contributed by atoms with E-state index in [1.54, 1.807) is 0 Å². The van der Waals surface area contributed by atoms with Gasteiger partial charge in [-0.1, -0.05) is 24.8 Å². The Morgan fingerprint density at radius 2 is 2.35 bits per heavy atom. The number of amides is 1. The van der Waals surface area contributed by atoms with Crippen molar-refractivity contribution >= 4 is 17.7 Å². The summed E-state index contributed by atoms with van der Waals surface area (Å²) >= 11 is 1.41. The Morgan fingerprint density at radius 1 is 1.50 bits per heavy atom. The average molecular weight is 294 g/mol. The first kappa shape index (κ1) is 15.1. The summed E-state index contributed by atoms with van der Waals surface area (Å²) in [7, 11) is 0. The molecule has 1 aromatic rings. The fraction of sp³-hybridized carbons (Fsp3) is 0.643. The fourth-order valence-electron chi connectivity index (χ4n) is 2.33. The van der Waals surface area contributed by atoms with E-state index in [1.807, 2.05) is 11.8 Å². The predicted octanol–water partition coefficient (Wildman–Crippen LogP) is 2.77.